The molecule has 0 saturated carbocycles. The Morgan fingerprint density at radius 1 is 1.32 bits per heavy atom. The minimum absolute atomic E-state index is 0.0357. The van der Waals surface area contributed by atoms with Crippen LogP contribution in [0.25, 0.3) is 22.3 Å². The fourth-order valence-electron chi connectivity index (χ4n) is 2.27. The van der Waals surface area contributed by atoms with Crippen molar-refractivity contribution in [1.82, 2.24) is 20.2 Å². The zero-order valence-electron chi connectivity index (χ0n) is 11.0. The Morgan fingerprint density at radius 2 is 2.16 bits per heavy atom. The summed E-state index contributed by atoms with van der Waals surface area (Å²) in [6.45, 7) is 2.06. The first kappa shape index (κ1) is 11.9. The van der Waals surface area contributed by atoms with E-state index in [-0.39, 0.29) is 6.10 Å². The number of para-hydroxylation sites is 1. The standard InChI is InChI=1S/C14H16N4O/c1-3-12(19-2)14-16-13(17-18-14)10-8-15-11-7-5-4-6-9(10)11/h4-8,12,15H,3H2,1-2H3,(H,16,17,18). The predicted molar refractivity (Wildman–Crippen MR) is 73.7 cm³/mol. The van der Waals surface area contributed by atoms with E-state index in [1.54, 1.807) is 7.11 Å². The molecule has 2 aromatic heterocycles. The van der Waals surface area contributed by atoms with E-state index >= 15 is 0 Å². The minimum Gasteiger partial charge on any atom is -0.373 e. The highest BCUT2D eigenvalue weighted by atomic mass is 16.5. The van der Waals surface area contributed by atoms with E-state index in [0.29, 0.717) is 5.82 Å². The molecule has 0 spiro atoms. The van der Waals surface area contributed by atoms with Gasteiger partial charge in [-0.15, -0.1) is 0 Å². The molecule has 0 fully saturated rings. The molecule has 0 amide bonds. The molecule has 0 aliphatic rings. The molecular weight excluding hydrogens is 240 g/mol. The van der Waals surface area contributed by atoms with Gasteiger partial charge in [0.1, 0.15) is 6.10 Å². The molecule has 0 aliphatic heterocycles. The molecule has 3 aromatic rings. The number of fused-ring (bicyclic) bond motifs is 1. The summed E-state index contributed by atoms with van der Waals surface area (Å²) in [5.74, 6) is 1.47. The number of aromatic nitrogens is 4. The molecule has 2 N–H and O–H groups in total. The van der Waals surface area contributed by atoms with Crippen LogP contribution in [0, 0.1) is 0 Å². The molecular formula is C14H16N4O. The second-order valence-electron chi connectivity index (χ2n) is 4.42. The Hall–Kier alpha value is -2.14. The maximum absolute atomic E-state index is 5.36. The lowest BCUT2D eigenvalue weighted by molar-refractivity contribution is 0.0929. The summed E-state index contributed by atoms with van der Waals surface area (Å²) in [5, 5.41) is 8.37. The highest BCUT2D eigenvalue weighted by Gasteiger charge is 2.16. The highest BCUT2D eigenvalue weighted by Crippen LogP contribution is 2.27. The third-order valence-electron chi connectivity index (χ3n) is 3.29. The summed E-state index contributed by atoms with van der Waals surface area (Å²) >= 11 is 0. The lowest BCUT2D eigenvalue weighted by Gasteiger charge is -2.07. The van der Waals surface area contributed by atoms with Gasteiger partial charge in [0.2, 0.25) is 0 Å². The van der Waals surface area contributed by atoms with Crippen molar-refractivity contribution in [3.63, 3.8) is 0 Å². The number of hydrogen-bond donors (Lipinski definition) is 2. The summed E-state index contributed by atoms with van der Waals surface area (Å²) in [6, 6.07) is 8.11. The Morgan fingerprint density at radius 3 is 2.95 bits per heavy atom. The van der Waals surface area contributed by atoms with Gasteiger partial charge in [0.15, 0.2) is 11.6 Å². The fraction of sp³-hybridized carbons (Fsp3) is 0.286. The van der Waals surface area contributed by atoms with Crippen LogP contribution in [0.5, 0.6) is 0 Å². The number of H-pyrrole nitrogens is 2. The zero-order chi connectivity index (χ0) is 13.2. The van der Waals surface area contributed by atoms with E-state index in [2.05, 4.69) is 33.2 Å². The number of methoxy groups -OCH3 is 1. The molecule has 19 heavy (non-hydrogen) atoms. The first-order chi connectivity index (χ1) is 9.33. The van der Waals surface area contributed by atoms with E-state index in [1.807, 2.05) is 24.4 Å². The van der Waals surface area contributed by atoms with Gasteiger partial charge < -0.3 is 9.72 Å². The van der Waals surface area contributed by atoms with Crippen LogP contribution >= 0.6 is 0 Å². The molecule has 3 rings (SSSR count). The average molecular weight is 256 g/mol. The van der Waals surface area contributed by atoms with Crippen LogP contribution in [0.3, 0.4) is 0 Å². The van der Waals surface area contributed by atoms with Gasteiger partial charge in [-0.1, -0.05) is 25.1 Å². The van der Waals surface area contributed by atoms with Crippen LogP contribution in [0.1, 0.15) is 25.3 Å². The van der Waals surface area contributed by atoms with Crippen molar-refractivity contribution < 1.29 is 4.74 Å². The van der Waals surface area contributed by atoms with Crippen LogP contribution in [0.2, 0.25) is 0 Å². The second-order valence-corrected chi connectivity index (χ2v) is 4.42. The lowest BCUT2D eigenvalue weighted by Crippen LogP contribution is -2.01. The molecule has 0 aliphatic carbocycles. The van der Waals surface area contributed by atoms with Crippen molar-refractivity contribution in [2.24, 2.45) is 0 Å². The molecule has 0 radical (unpaired) electrons. The van der Waals surface area contributed by atoms with Crippen molar-refractivity contribution in [2.75, 3.05) is 7.11 Å². The van der Waals surface area contributed by atoms with Gasteiger partial charge in [0.25, 0.3) is 0 Å². The molecule has 1 unspecified atom stereocenters. The van der Waals surface area contributed by atoms with Gasteiger partial charge in [-0.3, -0.25) is 5.10 Å². The molecule has 98 valence electrons. The van der Waals surface area contributed by atoms with E-state index in [9.17, 15) is 0 Å². The number of nitrogens with one attached hydrogen (secondary N) is 2. The molecule has 5 nitrogen and oxygen atoms in total. The van der Waals surface area contributed by atoms with Gasteiger partial charge in [0, 0.05) is 29.8 Å². The number of aromatic amines is 2. The lowest BCUT2D eigenvalue weighted by atomic mass is 10.2. The summed E-state index contributed by atoms with van der Waals surface area (Å²) in [5.41, 5.74) is 2.09. The molecule has 2 heterocycles. The maximum atomic E-state index is 5.36. The summed E-state index contributed by atoms with van der Waals surface area (Å²) in [7, 11) is 1.68. The van der Waals surface area contributed by atoms with Gasteiger partial charge in [0.05, 0.1) is 0 Å². The molecule has 0 saturated heterocycles. The summed E-state index contributed by atoms with van der Waals surface area (Å²) in [6.07, 6.45) is 2.76. The van der Waals surface area contributed by atoms with Gasteiger partial charge >= 0.3 is 0 Å². The summed E-state index contributed by atoms with van der Waals surface area (Å²) < 4.78 is 5.36. The average Bonchev–Trinajstić information content (AvgIpc) is 3.06. The predicted octanol–water partition coefficient (Wildman–Crippen LogP) is 3.05. The van der Waals surface area contributed by atoms with E-state index < -0.39 is 0 Å². The second kappa shape index (κ2) is 4.85. The molecule has 0 bridgehead atoms. The number of hydrogen-bond acceptors (Lipinski definition) is 3. The Balaban J connectivity index is 2.03. The van der Waals surface area contributed by atoms with E-state index in [4.69, 9.17) is 4.74 Å². The first-order valence-corrected chi connectivity index (χ1v) is 6.35. The van der Waals surface area contributed by atoms with E-state index in [1.165, 1.54) is 0 Å². The minimum atomic E-state index is -0.0357. The van der Waals surface area contributed by atoms with Crippen molar-refractivity contribution in [3.05, 3.63) is 36.3 Å². The van der Waals surface area contributed by atoms with Crippen molar-refractivity contribution in [1.29, 1.82) is 0 Å². The Bertz CT molecular complexity index is 681. The summed E-state index contributed by atoms with van der Waals surface area (Å²) in [4.78, 5) is 7.76. The van der Waals surface area contributed by atoms with E-state index in [0.717, 1.165) is 28.7 Å². The van der Waals surface area contributed by atoms with Crippen molar-refractivity contribution in [3.8, 4) is 11.4 Å². The molecule has 5 heteroatoms. The van der Waals surface area contributed by atoms with Crippen LogP contribution in [0.4, 0.5) is 0 Å². The van der Waals surface area contributed by atoms with Gasteiger partial charge in [-0.2, -0.15) is 5.10 Å². The van der Waals surface area contributed by atoms with Gasteiger partial charge in [-0.25, -0.2) is 4.98 Å². The molecule has 1 aromatic carbocycles. The third kappa shape index (κ3) is 2.02. The zero-order valence-corrected chi connectivity index (χ0v) is 11.0. The van der Waals surface area contributed by atoms with Crippen molar-refractivity contribution in [2.45, 2.75) is 19.4 Å². The number of rotatable bonds is 4. The topological polar surface area (TPSA) is 66.6 Å². The van der Waals surface area contributed by atoms with Crippen LogP contribution in [-0.4, -0.2) is 27.3 Å². The first-order valence-electron chi connectivity index (χ1n) is 6.35. The molecule has 1 atom stereocenters. The highest BCUT2D eigenvalue weighted by molar-refractivity contribution is 5.93. The normalized spacial score (nSPS) is 12.9. The quantitative estimate of drug-likeness (QED) is 0.754. The SMILES string of the molecule is CCC(OC)c1nc(-c2c[nH]c3ccccc23)n[nH]1. The van der Waals surface area contributed by atoms with Crippen molar-refractivity contribution >= 4 is 10.9 Å². The number of benzene rings is 1. The van der Waals surface area contributed by atoms with Gasteiger partial charge in [-0.05, 0) is 12.5 Å². The fourth-order valence-corrected chi connectivity index (χ4v) is 2.27. The third-order valence-corrected chi connectivity index (χ3v) is 3.29. The number of nitrogens with zero attached hydrogens (tertiary/aromatic N) is 2. The Labute approximate surface area is 111 Å². The number of ether oxygens (including phenoxy) is 1. The van der Waals surface area contributed by atoms with Crippen LogP contribution in [0.15, 0.2) is 30.5 Å². The van der Waals surface area contributed by atoms with Crippen LogP contribution < -0.4 is 0 Å². The monoisotopic (exact) mass is 256 g/mol. The smallest absolute Gasteiger partial charge is 0.183 e. The van der Waals surface area contributed by atoms with Crippen LogP contribution in [-0.2, 0) is 4.74 Å². The largest absolute Gasteiger partial charge is 0.373 e. The maximum Gasteiger partial charge on any atom is 0.183 e. The Kier molecular flexibility index (Phi) is 3.05.